The largest absolute Gasteiger partial charge is 0.350 e. The molecule has 6 rings (SSSR count). The number of rotatable bonds is 6. The minimum atomic E-state index is -0.412. The maximum atomic E-state index is 13.2. The summed E-state index contributed by atoms with van der Waals surface area (Å²) in [6, 6.07) is 21.2. The van der Waals surface area contributed by atoms with Crippen LogP contribution in [0.3, 0.4) is 0 Å². The number of pyridine rings is 1. The van der Waals surface area contributed by atoms with E-state index < -0.39 is 11.8 Å². The van der Waals surface area contributed by atoms with Crippen LogP contribution in [0.25, 0.3) is 43.4 Å². The highest BCUT2D eigenvalue weighted by Gasteiger charge is 2.35. The van der Waals surface area contributed by atoms with Crippen molar-refractivity contribution in [3.63, 3.8) is 0 Å². The van der Waals surface area contributed by atoms with Gasteiger partial charge in [-0.25, -0.2) is 0 Å². The lowest BCUT2D eigenvalue weighted by molar-refractivity contribution is -0.122. The van der Waals surface area contributed by atoms with Gasteiger partial charge in [-0.2, -0.15) is 0 Å². The maximum Gasteiger partial charge on any atom is 0.259 e. The average Bonchev–Trinajstić information content (AvgIpc) is 3.53. The minimum absolute atomic E-state index is 0.172. The number of azide groups is 1. The number of amides is 2. The molecule has 0 fully saturated rings. The molecule has 180 valence electrons. The predicted molar refractivity (Wildman–Crippen MR) is 141 cm³/mol. The molecule has 1 N–H and O–H groups in total. The molecule has 3 aromatic heterocycles. The van der Waals surface area contributed by atoms with E-state index in [0.29, 0.717) is 28.9 Å². The molecular formula is C28H21N7O2. The van der Waals surface area contributed by atoms with Crippen molar-refractivity contribution in [1.29, 1.82) is 0 Å². The molecule has 0 bridgehead atoms. The number of hydrogen-bond donors (Lipinski definition) is 1. The third kappa shape index (κ3) is 3.74. The van der Waals surface area contributed by atoms with Gasteiger partial charge in [0, 0.05) is 63.0 Å². The molecule has 0 unspecified atom stereocenters. The van der Waals surface area contributed by atoms with Gasteiger partial charge in [-0.05, 0) is 29.8 Å². The van der Waals surface area contributed by atoms with Gasteiger partial charge in [-0.15, -0.1) is 0 Å². The van der Waals surface area contributed by atoms with Crippen molar-refractivity contribution in [2.75, 3.05) is 0 Å². The molecule has 0 saturated carbocycles. The van der Waals surface area contributed by atoms with E-state index in [1.54, 1.807) is 0 Å². The fourth-order valence-electron chi connectivity index (χ4n) is 5.07. The number of aromatic nitrogens is 3. The van der Waals surface area contributed by atoms with Crippen molar-refractivity contribution >= 4 is 44.8 Å². The Bertz CT molecular complexity index is 1820. The molecule has 37 heavy (non-hydrogen) atoms. The number of para-hydroxylation sites is 2. The van der Waals surface area contributed by atoms with Crippen LogP contribution in [0.5, 0.6) is 0 Å². The summed E-state index contributed by atoms with van der Waals surface area (Å²) in [4.78, 5) is 33.8. The molecule has 9 heteroatoms. The minimum Gasteiger partial charge on any atom is -0.350 e. The zero-order valence-corrected chi connectivity index (χ0v) is 19.9. The zero-order valence-electron chi connectivity index (χ0n) is 19.9. The average molecular weight is 488 g/mol. The maximum absolute atomic E-state index is 13.2. The third-order valence-electron chi connectivity index (χ3n) is 6.65. The topological polar surface area (TPSA) is 118 Å². The Morgan fingerprint density at radius 2 is 1.46 bits per heavy atom. The van der Waals surface area contributed by atoms with Crippen LogP contribution in [0.15, 0.2) is 84.2 Å². The van der Waals surface area contributed by atoms with Gasteiger partial charge in [-0.3, -0.25) is 19.9 Å². The second-order valence-electron chi connectivity index (χ2n) is 8.90. The number of carbonyl (C=O) groups is 2. The number of aryl methyl sites for hydroxylation is 1. The number of nitrogens with zero attached hydrogens (tertiary/aromatic N) is 6. The number of hydrogen-bond acceptors (Lipinski definition) is 4. The Hall–Kier alpha value is -5.14. The first kappa shape index (κ1) is 22.3. The number of fused-ring (bicyclic) bond motifs is 2. The lowest BCUT2D eigenvalue weighted by atomic mass is 9.95. The molecule has 1 aliphatic rings. The lowest BCUT2D eigenvalue weighted by Crippen LogP contribution is -2.22. The molecule has 0 radical (unpaired) electrons. The van der Waals surface area contributed by atoms with Crippen LogP contribution >= 0.6 is 0 Å². The summed E-state index contributed by atoms with van der Waals surface area (Å²) in [6.45, 7) is 0.614. The standard InChI is InChI=1S/C28H21N7O2/c1-34-15-21(19-9-2-4-11-23(19)34)25-26(28(37)32-27(25)36)22-16-35(24-12-5-3-10-20(22)24)14-18-8-6-7-17(31-18)13-30-33-29/h2-12,15-16H,13-14H2,1H3,(H,32,36,37). The molecule has 2 amide bonds. The predicted octanol–water partition coefficient (Wildman–Crippen LogP) is 4.95. The van der Waals surface area contributed by atoms with Crippen LogP contribution in [0.2, 0.25) is 0 Å². The van der Waals surface area contributed by atoms with Gasteiger partial charge in [0.2, 0.25) is 0 Å². The Morgan fingerprint density at radius 3 is 2.19 bits per heavy atom. The first-order chi connectivity index (χ1) is 18.0. The van der Waals surface area contributed by atoms with Gasteiger partial charge in [0.05, 0.1) is 29.9 Å². The van der Waals surface area contributed by atoms with E-state index in [-0.39, 0.29) is 6.54 Å². The van der Waals surface area contributed by atoms with Gasteiger partial charge in [0.25, 0.3) is 11.8 Å². The van der Waals surface area contributed by atoms with Crippen molar-refractivity contribution in [1.82, 2.24) is 19.4 Å². The van der Waals surface area contributed by atoms with Crippen LogP contribution in [0.1, 0.15) is 22.5 Å². The van der Waals surface area contributed by atoms with E-state index in [1.807, 2.05) is 95.3 Å². The van der Waals surface area contributed by atoms with E-state index >= 15 is 0 Å². The van der Waals surface area contributed by atoms with Crippen LogP contribution in [-0.4, -0.2) is 25.9 Å². The highest BCUT2D eigenvalue weighted by atomic mass is 16.2. The molecule has 5 aromatic rings. The van der Waals surface area contributed by atoms with Crippen molar-refractivity contribution in [3.8, 4) is 0 Å². The highest BCUT2D eigenvalue weighted by molar-refractivity contribution is 6.50. The van der Waals surface area contributed by atoms with E-state index in [4.69, 9.17) is 5.53 Å². The second-order valence-corrected chi connectivity index (χ2v) is 8.90. The third-order valence-corrected chi connectivity index (χ3v) is 6.65. The van der Waals surface area contributed by atoms with E-state index in [9.17, 15) is 9.59 Å². The highest BCUT2D eigenvalue weighted by Crippen LogP contribution is 2.38. The van der Waals surface area contributed by atoms with Crippen LogP contribution in [0, 0.1) is 0 Å². The second kappa shape index (κ2) is 8.82. The quantitative estimate of drug-likeness (QED) is 0.158. The van der Waals surface area contributed by atoms with Crippen LogP contribution in [-0.2, 0) is 29.7 Å². The van der Waals surface area contributed by atoms with E-state index in [0.717, 1.165) is 33.1 Å². The first-order valence-corrected chi connectivity index (χ1v) is 11.7. The number of carbonyl (C=O) groups excluding carboxylic acids is 2. The van der Waals surface area contributed by atoms with Gasteiger partial charge >= 0.3 is 0 Å². The molecule has 1 aliphatic heterocycles. The van der Waals surface area contributed by atoms with Crippen molar-refractivity contribution in [2.45, 2.75) is 13.1 Å². The first-order valence-electron chi connectivity index (χ1n) is 11.7. The lowest BCUT2D eigenvalue weighted by Gasteiger charge is -2.06. The Labute approximate surface area is 211 Å². The number of benzene rings is 2. The zero-order chi connectivity index (χ0) is 25.5. The van der Waals surface area contributed by atoms with Gasteiger partial charge in [0.1, 0.15) is 0 Å². The van der Waals surface area contributed by atoms with Crippen molar-refractivity contribution in [2.24, 2.45) is 12.2 Å². The summed E-state index contributed by atoms with van der Waals surface area (Å²) in [5.74, 6) is -0.814. The van der Waals surface area contributed by atoms with E-state index in [2.05, 4.69) is 20.3 Å². The molecule has 0 atom stereocenters. The molecule has 0 saturated heterocycles. The molecule has 9 nitrogen and oxygen atoms in total. The van der Waals surface area contributed by atoms with Gasteiger partial charge in [-0.1, -0.05) is 47.6 Å². The number of imide groups is 1. The smallest absolute Gasteiger partial charge is 0.259 e. The van der Waals surface area contributed by atoms with Gasteiger partial charge < -0.3 is 9.13 Å². The fraction of sp³-hybridized carbons (Fsp3) is 0.107. The molecule has 2 aromatic carbocycles. The summed E-state index contributed by atoms with van der Waals surface area (Å²) >= 11 is 0. The molecule has 0 aliphatic carbocycles. The SMILES string of the molecule is Cn1cc(C2=C(c3cn(Cc4cccc(CN=[N+]=[N-])n4)c4ccccc34)C(=O)NC2=O)c2ccccc21. The monoisotopic (exact) mass is 487 g/mol. The number of nitrogens with one attached hydrogen (secondary N) is 1. The Morgan fingerprint density at radius 1 is 0.838 bits per heavy atom. The molecular weight excluding hydrogens is 466 g/mol. The fourth-order valence-corrected chi connectivity index (χ4v) is 5.07. The Kier molecular flexibility index (Phi) is 5.32. The summed E-state index contributed by atoms with van der Waals surface area (Å²) in [5.41, 5.74) is 14.1. The van der Waals surface area contributed by atoms with Crippen molar-refractivity contribution in [3.05, 3.63) is 112 Å². The Balaban J connectivity index is 1.53. The van der Waals surface area contributed by atoms with Crippen LogP contribution in [0.4, 0.5) is 0 Å². The van der Waals surface area contributed by atoms with Crippen LogP contribution < -0.4 is 5.32 Å². The normalized spacial score (nSPS) is 13.4. The van der Waals surface area contributed by atoms with Crippen molar-refractivity contribution < 1.29 is 9.59 Å². The molecule has 0 spiro atoms. The van der Waals surface area contributed by atoms with Gasteiger partial charge in [0.15, 0.2) is 0 Å². The summed E-state index contributed by atoms with van der Waals surface area (Å²) < 4.78 is 3.98. The molecule has 4 heterocycles. The summed E-state index contributed by atoms with van der Waals surface area (Å²) in [7, 11) is 1.93. The summed E-state index contributed by atoms with van der Waals surface area (Å²) in [5, 5.41) is 7.89. The van der Waals surface area contributed by atoms with E-state index in [1.165, 1.54) is 0 Å². The summed E-state index contributed by atoms with van der Waals surface area (Å²) in [6.07, 6.45) is 3.81.